The van der Waals surface area contributed by atoms with Gasteiger partial charge in [0.25, 0.3) is 0 Å². The molecule has 1 aromatic rings. The molecule has 8 heteroatoms. The number of aryl methyl sites for hydroxylation is 1. The first-order valence-corrected chi connectivity index (χ1v) is 11.1. The maximum absolute atomic E-state index is 13.0. The van der Waals surface area contributed by atoms with Crippen LogP contribution in [0.15, 0.2) is 12.3 Å². The van der Waals surface area contributed by atoms with Gasteiger partial charge in [0, 0.05) is 12.6 Å². The van der Waals surface area contributed by atoms with Gasteiger partial charge in [0.1, 0.15) is 11.4 Å². The number of piperidine rings is 1. The number of carbonyl (C=O) groups excluding carboxylic acids is 3. The number of likely N-dealkylation sites (tertiary alicyclic amines) is 1. The number of pyridine rings is 1. The summed E-state index contributed by atoms with van der Waals surface area (Å²) in [4.78, 5) is 43.6. The molecule has 8 nitrogen and oxygen atoms in total. The standard InChI is InChI=1S/C23H34N4O4/c1-14-9-10-18(16-7-6-8-16)27(13-14)21(29)20(28)25-17-11-15(2)19(24-12-17)26-22(30)31-23(3,4)5/h11-12,14,16,18H,6-10,13H2,1-5H3,(H,25,28)(H,24,26,30)/t14-,18?/m1/s1. The van der Waals surface area contributed by atoms with Crippen molar-refractivity contribution in [2.45, 2.75) is 78.4 Å². The fourth-order valence-corrected chi connectivity index (χ4v) is 4.21. The summed E-state index contributed by atoms with van der Waals surface area (Å²) in [6, 6.07) is 1.84. The van der Waals surface area contributed by atoms with E-state index < -0.39 is 23.5 Å². The minimum Gasteiger partial charge on any atom is -0.444 e. The number of amides is 3. The molecule has 0 bridgehead atoms. The first kappa shape index (κ1) is 23.0. The molecule has 1 unspecified atom stereocenters. The number of hydrogen-bond donors (Lipinski definition) is 2. The highest BCUT2D eigenvalue weighted by atomic mass is 16.6. The van der Waals surface area contributed by atoms with Crippen molar-refractivity contribution in [3.8, 4) is 0 Å². The minimum atomic E-state index is -0.646. The van der Waals surface area contributed by atoms with E-state index in [0.717, 1.165) is 25.7 Å². The summed E-state index contributed by atoms with van der Waals surface area (Å²) in [5.74, 6) is 0.139. The summed E-state index contributed by atoms with van der Waals surface area (Å²) < 4.78 is 5.23. The van der Waals surface area contributed by atoms with Gasteiger partial charge in [0.2, 0.25) is 0 Å². The highest BCUT2D eigenvalue weighted by Crippen LogP contribution is 2.37. The highest BCUT2D eigenvalue weighted by molar-refractivity contribution is 6.39. The molecule has 0 spiro atoms. The van der Waals surface area contributed by atoms with Crippen LogP contribution in [0, 0.1) is 18.8 Å². The van der Waals surface area contributed by atoms with Crippen LogP contribution in [0.1, 0.15) is 65.4 Å². The maximum atomic E-state index is 13.0. The van der Waals surface area contributed by atoms with Crippen LogP contribution >= 0.6 is 0 Å². The molecule has 2 N–H and O–H groups in total. The van der Waals surface area contributed by atoms with E-state index in [2.05, 4.69) is 22.5 Å². The third kappa shape index (κ3) is 5.95. The van der Waals surface area contributed by atoms with Crippen LogP contribution in [0.25, 0.3) is 0 Å². The molecule has 2 fully saturated rings. The Morgan fingerprint density at radius 1 is 1.13 bits per heavy atom. The second kappa shape index (κ2) is 9.24. The lowest BCUT2D eigenvalue weighted by atomic mass is 9.75. The summed E-state index contributed by atoms with van der Waals surface area (Å²) in [7, 11) is 0. The van der Waals surface area contributed by atoms with Crippen molar-refractivity contribution in [2.24, 2.45) is 11.8 Å². The topological polar surface area (TPSA) is 101 Å². The van der Waals surface area contributed by atoms with E-state index in [4.69, 9.17) is 4.74 Å². The first-order valence-electron chi connectivity index (χ1n) is 11.1. The molecular formula is C23H34N4O4. The molecule has 3 rings (SSSR count). The van der Waals surface area contributed by atoms with Gasteiger partial charge in [-0.25, -0.2) is 9.78 Å². The fraction of sp³-hybridized carbons (Fsp3) is 0.652. The Labute approximate surface area is 184 Å². The Kier molecular flexibility index (Phi) is 6.86. The van der Waals surface area contributed by atoms with E-state index in [9.17, 15) is 14.4 Å². The monoisotopic (exact) mass is 430 g/mol. The number of carbonyl (C=O) groups is 3. The van der Waals surface area contributed by atoms with Gasteiger partial charge in [0.15, 0.2) is 0 Å². The third-order valence-corrected chi connectivity index (χ3v) is 5.97. The lowest BCUT2D eigenvalue weighted by Gasteiger charge is -2.45. The minimum absolute atomic E-state index is 0.170. The molecule has 3 amide bonds. The van der Waals surface area contributed by atoms with Crippen LogP contribution in [-0.4, -0.2) is 46.0 Å². The molecule has 1 saturated heterocycles. The zero-order chi connectivity index (χ0) is 22.8. The molecule has 1 aliphatic carbocycles. The van der Waals surface area contributed by atoms with Gasteiger partial charge < -0.3 is 15.0 Å². The van der Waals surface area contributed by atoms with Crippen LogP contribution in [-0.2, 0) is 14.3 Å². The number of rotatable bonds is 3. The largest absolute Gasteiger partial charge is 0.444 e. The lowest BCUT2D eigenvalue weighted by Crippen LogP contribution is -2.54. The van der Waals surface area contributed by atoms with E-state index in [-0.39, 0.29) is 6.04 Å². The average molecular weight is 431 g/mol. The number of nitrogens with one attached hydrogen (secondary N) is 2. The second-order valence-electron chi connectivity index (χ2n) is 9.87. The summed E-state index contributed by atoms with van der Waals surface area (Å²) in [6.45, 7) is 9.85. The molecule has 1 aliphatic heterocycles. The van der Waals surface area contributed by atoms with Gasteiger partial charge in [-0.05, 0) is 76.8 Å². The Morgan fingerprint density at radius 3 is 2.42 bits per heavy atom. The summed E-state index contributed by atoms with van der Waals surface area (Å²) in [5.41, 5.74) is 0.445. The van der Waals surface area contributed by atoms with E-state index in [1.807, 2.05) is 0 Å². The van der Waals surface area contributed by atoms with Crippen molar-refractivity contribution in [1.29, 1.82) is 0 Å². The summed E-state index contributed by atoms with van der Waals surface area (Å²) in [6.07, 6.45) is 6.38. The van der Waals surface area contributed by atoms with Crippen molar-refractivity contribution >= 4 is 29.4 Å². The Morgan fingerprint density at radius 2 is 1.84 bits per heavy atom. The molecule has 31 heavy (non-hydrogen) atoms. The van der Waals surface area contributed by atoms with Crippen molar-refractivity contribution in [2.75, 3.05) is 17.2 Å². The molecule has 2 aliphatic rings. The molecule has 0 radical (unpaired) electrons. The lowest BCUT2D eigenvalue weighted by molar-refractivity contribution is -0.148. The van der Waals surface area contributed by atoms with Gasteiger partial charge in [-0.3, -0.25) is 14.9 Å². The average Bonchev–Trinajstić information content (AvgIpc) is 2.61. The van der Waals surface area contributed by atoms with E-state index >= 15 is 0 Å². The second-order valence-corrected chi connectivity index (χ2v) is 9.87. The fourth-order valence-electron chi connectivity index (χ4n) is 4.21. The number of nitrogens with zero attached hydrogens (tertiary/aromatic N) is 2. The molecule has 1 saturated carbocycles. The van der Waals surface area contributed by atoms with Crippen molar-refractivity contribution in [3.05, 3.63) is 17.8 Å². The predicted molar refractivity (Wildman–Crippen MR) is 119 cm³/mol. The van der Waals surface area contributed by atoms with Crippen LogP contribution < -0.4 is 10.6 Å². The van der Waals surface area contributed by atoms with Gasteiger partial charge in [-0.15, -0.1) is 0 Å². The highest BCUT2D eigenvalue weighted by Gasteiger charge is 2.39. The quantitative estimate of drug-likeness (QED) is 0.703. The van der Waals surface area contributed by atoms with Crippen LogP contribution in [0.5, 0.6) is 0 Å². The van der Waals surface area contributed by atoms with E-state index in [1.54, 1.807) is 38.7 Å². The Bertz CT molecular complexity index is 844. The van der Waals surface area contributed by atoms with Crippen LogP contribution in [0.3, 0.4) is 0 Å². The molecule has 170 valence electrons. The van der Waals surface area contributed by atoms with Crippen LogP contribution in [0.4, 0.5) is 16.3 Å². The Balaban J connectivity index is 1.63. The van der Waals surface area contributed by atoms with Gasteiger partial charge in [-0.2, -0.15) is 0 Å². The zero-order valence-corrected chi connectivity index (χ0v) is 19.2. The van der Waals surface area contributed by atoms with E-state index in [0.29, 0.717) is 35.4 Å². The maximum Gasteiger partial charge on any atom is 0.413 e. The van der Waals surface area contributed by atoms with E-state index in [1.165, 1.54) is 12.6 Å². The first-order chi connectivity index (χ1) is 14.5. The summed E-state index contributed by atoms with van der Waals surface area (Å²) in [5, 5.41) is 5.27. The Hall–Kier alpha value is -2.64. The van der Waals surface area contributed by atoms with Gasteiger partial charge in [-0.1, -0.05) is 13.3 Å². The van der Waals surface area contributed by atoms with Crippen molar-refractivity contribution in [3.63, 3.8) is 0 Å². The van der Waals surface area contributed by atoms with Crippen LogP contribution in [0.2, 0.25) is 0 Å². The summed E-state index contributed by atoms with van der Waals surface area (Å²) >= 11 is 0. The molecular weight excluding hydrogens is 396 g/mol. The predicted octanol–water partition coefficient (Wildman–Crippen LogP) is 4.10. The third-order valence-electron chi connectivity index (χ3n) is 5.97. The molecule has 0 aromatic carbocycles. The van der Waals surface area contributed by atoms with Gasteiger partial charge in [0.05, 0.1) is 11.9 Å². The van der Waals surface area contributed by atoms with Crippen molar-refractivity contribution < 1.29 is 19.1 Å². The number of hydrogen-bond acceptors (Lipinski definition) is 5. The molecule has 2 heterocycles. The molecule has 2 atom stereocenters. The SMILES string of the molecule is Cc1cc(NC(=O)C(=O)N2C[C@H](C)CCC2C2CCC2)cnc1NC(=O)OC(C)(C)C. The van der Waals surface area contributed by atoms with Gasteiger partial charge >= 0.3 is 17.9 Å². The zero-order valence-electron chi connectivity index (χ0n) is 19.2. The van der Waals surface area contributed by atoms with Crippen molar-refractivity contribution in [1.82, 2.24) is 9.88 Å². The number of ether oxygens (including phenoxy) is 1. The number of anilines is 2. The smallest absolute Gasteiger partial charge is 0.413 e. The molecule has 1 aromatic heterocycles. The normalized spacial score (nSPS) is 21.8. The number of aromatic nitrogens is 1.